The predicted octanol–water partition coefficient (Wildman–Crippen LogP) is 9.32. The molecule has 3 aliphatic carbocycles. The highest BCUT2D eigenvalue weighted by atomic mass is 28.4. The van der Waals surface area contributed by atoms with E-state index in [1.54, 1.807) is 5.56 Å². The maximum absolute atomic E-state index is 7.20. The average Bonchev–Trinajstić information content (AvgIpc) is 3.03. The Labute approximate surface area is 224 Å². The van der Waals surface area contributed by atoms with Crippen LogP contribution in [0, 0.1) is 29.6 Å². The Hall–Kier alpha value is -1.03. The standard InChI is InChI=1S/C32H52O2Si2/c1-13-32(34-36(11,12)30(5,6)7)21-19-28-27-16-14-23-22-24(33-35(9,10)29(2,3)4)15-17-25(23)26(27)18-20-31(28,32)8/h1,15,17,22,26-28H,14,16,18-21H2,2-12H3/t26-,27-,28+,31+,32+/m1/s1. The molecule has 5 atom stereocenters. The summed E-state index contributed by atoms with van der Waals surface area (Å²) in [6.45, 7) is 25.8. The van der Waals surface area contributed by atoms with Crippen molar-refractivity contribution in [2.75, 3.05) is 0 Å². The summed E-state index contributed by atoms with van der Waals surface area (Å²) in [5.41, 5.74) is 2.77. The van der Waals surface area contributed by atoms with E-state index >= 15 is 0 Å². The monoisotopic (exact) mass is 524 g/mol. The summed E-state index contributed by atoms with van der Waals surface area (Å²) in [5.74, 6) is 6.38. The van der Waals surface area contributed by atoms with Gasteiger partial charge in [-0.25, -0.2) is 0 Å². The molecule has 4 rings (SSSR count). The summed E-state index contributed by atoms with van der Waals surface area (Å²) < 4.78 is 13.9. The summed E-state index contributed by atoms with van der Waals surface area (Å²) in [4.78, 5) is 0. The van der Waals surface area contributed by atoms with Crippen LogP contribution in [0.4, 0.5) is 0 Å². The maximum atomic E-state index is 7.20. The molecule has 4 heteroatoms. The van der Waals surface area contributed by atoms with Crippen molar-refractivity contribution in [3.8, 4) is 18.1 Å². The molecule has 0 aromatic heterocycles. The van der Waals surface area contributed by atoms with Crippen LogP contribution in [0.3, 0.4) is 0 Å². The molecule has 0 saturated heterocycles. The fourth-order valence-corrected chi connectivity index (χ4v) is 9.68. The van der Waals surface area contributed by atoms with Crippen molar-refractivity contribution < 1.29 is 8.85 Å². The van der Waals surface area contributed by atoms with Crippen molar-refractivity contribution in [3.63, 3.8) is 0 Å². The molecule has 0 unspecified atom stereocenters. The zero-order valence-corrected chi connectivity index (χ0v) is 27.1. The summed E-state index contributed by atoms with van der Waals surface area (Å²) in [7, 11) is -3.82. The lowest BCUT2D eigenvalue weighted by Crippen LogP contribution is -2.57. The number of rotatable bonds is 4. The Morgan fingerprint density at radius 3 is 2.14 bits per heavy atom. The maximum Gasteiger partial charge on any atom is 0.250 e. The van der Waals surface area contributed by atoms with Gasteiger partial charge in [-0.2, -0.15) is 0 Å². The van der Waals surface area contributed by atoms with Crippen molar-refractivity contribution in [1.82, 2.24) is 0 Å². The van der Waals surface area contributed by atoms with E-state index in [1.165, 1.54) is 31.2 Å². The molecule has 0 heterocycles. The van der Waals surface area contributed by atoms with Crippen molar-refractivity contribution in [1.29, 1.82) is 0 Å². The smallest absolute Gasteiger partial charge is 0.250 e. The summed E-state index contributed by atoms with van der Waals surface area (Å²) in [5, 5.41) is 0.372. The van der Waals surface area contributed by atoms with E-state index in [4.69, 9.17) is 15.3 Å². The first-order valence-corrected chi connectivity index (χ1v) is 20.2. The summed E-state index contributed by atoms with van der Waals surface area (Å²) in [6, 6.07) is 7.05. The Kier molecular flexibility index (Phi) is 6.80. The van der Waals surface area contributed by atoms with E-state index in [2.05, 4.69) is 98.8 Å². The van der Waals surface area contributed by atoms with Gasteiger partial charge in [0.25, 0.3) is 0 Å². The molecule has 2 fully saturated rings. The first-order chi connectivity index (χ1) is 16.4. The lowest BCUT2D eigenvalue weighted by atomic mass is 9.53. The van der Waals surface area contributed by atoms with E-state index in [0.717, 1.165) is 18.6 Å². The molecule has 200 valence electrons. The first kappa shape index (κ1) is 28.0. The molecule has 0 amide bonds. The van der Waals surface area contributed by atoms with E-state index in [-0.39, 0.29) is 15.5 Å². The van der Waals surface area contributed by atoms with Crippen molar-refractivity contribution >= 4 is 16.6 Å². The average molecular weight is 525 g/mol. The van der Waals surface area contributed by atoms with Crippen molar-refractivity contribution in [3.05, 3.63) is 29.3 Å². The minimum Gasteiger partial charge on any atom is -0.543 e. The van der Waals surface area contributed by atoms with Gasteiger partial charge in [0, 0.05) is 5.41 Å². The molecule has 0 bridgehead atoms. The van der Waals surface area contributed by atoms with Crippen LogP contribution in [-0.2, 0) is 10.8 Å². The second kappa shape index (κ2) is 8.75. The molecule has 2 saturated carbocycles. The van der Waals surface area contributed by atoms with E-state index in [1.807, 2.05) is 0 Å². The number of aryl methyl sites for hydroxylation is 1. The van der Waals surface area contributed by atoms with Crippen LogP contribution in [0.2, 0.25) is 36.3 Å². The van der Waals surface area contributed by atoms with Gasteiger partial charge in [0.05, 0.1) is 0 Å². The van der Waals surface area contributed by atoms with Crippen LogP contribution in [0.5, 0.6) is 5.75 Å². The second-order valence-corrected chi connectivity index (χ2v) is 24.9. The Bertz CT molecular complexity index is 1040. The van der Waals surface area contributed by atoms with Gasteiger partial charge in [-0.1, -0.05) is 60.5 Å². The molecular formula is C32H52O2Si2. The lowest BCUT2D eigenvalue weighted by molar-refractivity contribution is -0.0564. The lowest BCUT2D eigenvalue weighted by Gasteiger charge is -2.55. The van der Waals surface area contributed by atoms with Crippen LogP contribution < -0.4 is 4.43 Å². The first-order valence-electron chi connectivity index (χ1n) is 14.4. The third-order valence-electron chi connectivity index (χ3n) is 11.5. The molecule has 3 aliphatic rings. The minimum atomic E-state index is -1.98. The fraction of sp³-hybridized carbons (Fsp3) is 0.750. The number of terminal acetylenes is 1. The summed E-state index contributed by atoms with van der Waals surface area (Å²) in [6.07, 6.45) is 13.4. The number of hydrogen-bond acceptors (Lipinski definition) is 2. The van der Waals surface area contributed by atoms with Gasteiger partial charge in [-0.3, -0.25) is 0 Å². The topological polar surface area (TPSA) is 18.5 Å². The van der Waals surface area contributed by atoms with E-state index in [9.17, 15) is 0 Å². The van der Waals surface area contributed by atoms with Gasteiger partial charge in [0.1, 0.15) is 11.4 Å². The zero-order chi connectivity index (χ0) is 26.9. The van der Waals surface area contributed by atoms with Crippen LogP contribution in [0.25, 0.3) is 0 Å². The number of benzene rings is 1. The second-order valence-electron chi connectivity index (χ2n) is 15.5. The normalized spacial score (nSPS) is 32.8. The van der Waals surface area contributed by atoms with Gasteiger partial charge >= 0.3 is 0 Å². The molecule has 0 spiro atoms. The van der Waals surface area contributed by atoms with Gasteiger partial charge in [0.15, 0.2) is 8.32 Å². The third-order valence-corrected chi connectivity index (χ3v) is 20.3. The number of hydrogen-bond donors (Lipinski definition) is 0. The van der Waals surface area contributed by atoms with Crippen molar-refractivity contribution in [2.24, 2.45) is 17.3 Å². The molecule has 0 N–H and O–H groups in total. The molecule has 0 aliphatic heterocycles. The van der Waals surface area contributed by atoms with Crippen LogP contribution in [0.15, 0.2) is 18.2 Å². The largest absolute Gasteiger partial charge is 0.543 e. The SMILES string of the molecule is C#C[C@]1(O[Si](C)(C)C(C)(C)C)CC[C@H]2[C@@H]3CCc4cc(O[Si](C)(C)C(C)(C)C)ccc4[C@H]3CC[C@@]21C. The van der Waals surface area contributed by atoms with Gasteiger partial charge in [-0.05, 0) is 116 Å². The fourth-order valence-electron chi connectivity index (χ4n) is 7.09. The Morgan fingerprint density at radius 2 is 1.56 bits per heavy atom. The molecule has 1 aromatic carbocycles. The van der Waals surface area contributed by atoms with Crippen molar-refractivity contribution in [2.45, 2.75) is 135 Å². The van der Waals surface area contributed by atoms with Gasteiger partial charge < -0.3 is 8.85 Å². The Balaban J connectivity index is 1.60. The highest BCUT2D eigenvalue weighted by Gasteiger charge is 2.64. The molecule has 0 radical (unpaired) electrons. The molecular weight excluding hydrogens is 473 g/mol. The number of fused-ring (bicyclic) bond motifs is 5. The third kappa shape index (κ3) is 4.36. The van der Waals surface area contributed by atoms with E-state index in [0.29, 0.717) is 17.8 Å². The molecule has 36 heavy (non-hydrogen) atoms. The highest BCUT2D eigenvalue weighted by molar-refractivity contribution is 6.75. The minimum absolute atomic E-state index is 0.0708. The van der Waals surface area contributed by atoms with Gasteiger partial charge in [0.2, 0.25) is 8.32 Å². The molecule has 1 aromatic rings. The Morgan fingerprint density at radius 1 is 0.917 bits per heavy atom. The zero-order valence-electron chi connectivity index (χ0n) is 25.1. The van der Waals surface area contributed by atoms with E-state index < -0.39 is 22.2 Å². The van der Waals surface area contributed by atoms with Crippen LogP contribution >= 0.6 is 0 Å². The van der Waals surface area contributed by atoms with Crippen LogP contribution in [-0.4, -0.2) is 22.2 Å². The van der Waals surface area contributed by atoms with Gasteiger partial charge in [-0.15, -0.1) is 6.42 Å². The summed E-state index contributed by atoms with van der Waals surface area (Å²) >= 11 is 0. The van der Waals surface area contributed by atoms with Crippen LogP contribution in [0.1, 0.15) is 97.6 Å². The predicted molar refractivity (Wildman–Crippen MR) is 159 cm³/mol. The quantitative estimate of drug-likeness (QED) is 0.288. The highest BCUT2D eigenvalue weighted by Crippen LogP contribution is 2.66. The molecule has 2 nitrogen and oxygen atoms in total.